The fourth-order valence-electron chi connectivity index (χ4n) is 3.25. The van der Waals surface area contributed by atoms with Crippen LogP contribution in [0, 0.1) is 34.4 Å². The van der Waals surface area contributed by atoms with Gasteiger partial charge in [-0.3, -0.25) is 0 Å². The molecule has 0 aliphatic heterocycles. The summed E-state index contributed by atoms with van der Waals surface area (Å²) < 4.78 is 13.1. The highest BCUT2D eigenvalue weighted by molar-refractivity contribution is 5.57. The van der Waals surface area contributed by atoms with Crippen molar-refractivity contribution >= 4 is 5.69 Å². The van der Waals surface area contributed by atoms with Gasteiger partial charge in [0.1, 0.15) is 11.9 Å². The van der Waals surface area contributed by atoms with Crippen LogP contribution in [0.5, 0.6) is 0 Å². The fraction of sp³-hybridized carbons (Fsp3) is 0.611. The van der Waals surface area contributed by atoms with Gasteiger partial charge in [-0.2, -0.15) is 5.26 Å². The minimum Gasteiger partial charge on any atom is -0.384 e. The number of rotatable bonds is 3. The van der Waals surface area contributed by atoms with Crippen LogP contribution < -0.4 is 5.32 Å². The molecule has 114 valence electrons. The first-order valence-electron chi connectivity index (χ1n) is 7.83. The second kappa shape index (κ2) is 6.47. The minimum absolute atomic E-state index is 0.359. The van der Waals surface area contributed by atoms with Gasteiger partial charge >= 0.3 is 0 Å². The zero-order chi connectivity index (χ0) is 15.5. The van der Waals surface area contributed by atoms with Gasteiger partial charge in [0.15, 0.2) is 0 Å². The van der Waals surface area contributed by atoms with Gasteiger partial charge in [-0.05, 0) is 61.1 Å². The quantitative estimate of drug-likeness (QED) is 0.853. The molecule has 0 unspecified atom stereocenters. The molecule has 1 aromatic carbocycles. The smallest absolute Gasteiger partial charge is 0.124 e. The van der Waals surface area contributed by atoms with Gasteiger partial charge in [-0.15, -0.1) is 0 Å². The van der Waals surface area contributed by atoms with E-state index in [4.69, 9.17) is 5.26 Å². The summed E-state index contributed by atoms with van der Waals surface area (Å²) in [5.74, 6) is 1.11. The Labute approximate surface area is 127 Å². The van der Waals surface area contributed by atoms with E-state index in [-0.39, 0.29) is 5.82 Å². The predicted octanol–water partition coefficient (Wildman–Crippen LogP) is 4.96. The second-order valence-electron chi connectivity index (χ2n) is 7.27. The lowest BCUT2D eigenvalue weighted by Crippen LogP contribution is -2.28. The van der Waals surface area contributed by atoms with E-state index in [9.17, 15) is 4.39 Å². The largest absolute Gasteiger partial charge is 0.384 e. The van der Waals surface area contributed by atoms with Gasteiger partial charge in [0.2, 0.25) is 0 Å². The zero-order valence-corrected chi connectivity index (χ0v) is 13.2. The summed E-state index contributed by atoms with van der Waals surface area (Å²) in [6.45, 7) is 7.85. The molecular formula is C18H25FN2. The molecule has 1 fully saturated rings. The second-order valence-corrected chi connectivity index (χ2v) is 7.27. The Hall–Kier alpha value is -1.56. The third-order valence-corrected chi connectivity index (χ3v) is 4.75. The maximum absolute atomic E-state index is 13.1. The van der Waals surface area contributed by atoms with Crippen molar-refractivity contribution in [2.24, 2.45) is 17.3 Å². The average Bonchev–Trinajstić information content (AvgIpc) is 2.45. The van der Waals surface area contributed by atoms with Crippen molar-refractivity contribution in [3.8, 4) is 6.07 Å². The van der Waals surface area contributed by atoms with E-state index in [2.05, 4.69) is 26.1 Å². The molecule has 1 saturated carbocycles. The van der Waals surface area contributed by atoms with E-state index in [1.807, 2.05) is 6.07 Å². The monoisotopic (exact) mass is 288 g/mol. The number of hydrogen-bond acceptors (Lipinski definition) is 2. The summed E-state index contributed by atoms with van der Waals surface area (Å²) in [4.78, 5) is 0. The highest BCUT2D eigenvalue weighted by Gasteiger charge is 2.29. The highest BCUT2D eigenvalue weighted by Crippen LogP contribution is 2.39. The van der Waals surface area contributed by atoms with Crippen molar-refractivity contribution in [1.82, 2.24) is 0 Å². The number of nitriles is 1. The Balaban J connectivity index is 1.87. The highest BCUT2D eigenvalue weighted by atomic mass is 19.1. The zero-order valence-electron chi connectivity index (χ0n) is 13.2. The van der Waals surface area contributed by atoms with Crippen LogP contribution in [0.25, 0.3) is 0 Å². The van der Waals surface area contributed by atoms with Crippen LogP contribution in [-0.2, 0) is 0 Å². The number of anilines is 1. The van der Waals surface area contributed by atoms with Crippen LogP contribution in [0.2, 0.25) is 0 Å². The van der Waals surface area contributed by atoms with Gasteiger partial charge in [0, 0.05) is 6.54 Å². The third kappa shape index (κ3) is 4.20. The molecule has 0 radical (unpaired) electrons. The van der Waals surface area contributed by atoms with Crippen molar-refractivity contribution < 1.29 is 4.39 Å². The lowest BCUT2D eigenvalue weighted by atomic mass is 9.70. The number of nitrogens with zero attached hydrogens (tertiary/aromatic N) is 1. The molecule has 2 rings (SSSR count). The Bertz CT molecular complexity index is 517. The van der Waals surface area contributed by atoms with E-state index in [1.54, 1.807) is 6.07 Å². The molecule has 0 spiro atoms. The van der Waals surface area contributed by atoms with E-state index < -0.39 is 0 Å². The van der Waals surface area contributed by atoms with Gasteiger partial charge in [-0.25, -0.2) is 4.39 Å². The van der Waals surface area contributed by atoms with Crippen molar-refractivity contribution in [2.45, 2.75) is 46.5 Å². The summed E-state index contributed by atoms with van der Waals surface area (Å²) in [6.07, 6.45) is 5.03. The molecule has 2 nitrogen and oxygen atoms in total. The van der Waals surface area contributed by atoms with Gasteiger partial charge in [0.05, 0.1) is 11.3 Å². The molecule has 3 heteroatoms. The molecular weight excluding hydrogens is 263 g/mol. The Morgan fingerprint density at radius 1 is 1.24 bits per heavy atom. The molecule has 21 heavy (non-hydrogen) atoms. The van der Waals surface area contributed by atoms with E-state index in [0.717, 1.165) is 18.2 Å². The van der Waals surface area contributed by atoms with Crippen LogP contribution in [0.15, 0.2) is 18.2 Å². The van der Waals surface area contributed by atoms with Crippen LogP contribution in [0.3, 0.4) is 0 Å². The van der Waals surface area contributed by atoms with Crippen LogP contribution in [-0.4, -0.2) is 6.54 Å². The van der Waals surface area contributed by atoms with Crippen molar-refractivity contribution in [1.29, 1.82) is 5.26 Å². The third-order valence-electron chi connectivity index (χ3n) is 4.75. The molecule has 1 N–H and O–H groups in total. The van der Waals surface area contributed by atoms with Crippen molar-refractivity contribution in [3.63, 3.8) is 0 Å². The number of hydrogen-bond donors (Lipinski definition) is 1. The number of benzene rings is 1. The SMILES string of the molecule is CC(C)(C)C1CCC(CNc2ccc(F)cc2C#N)CC1. The maximum Gasteiger partial charge on any atom is 0.124 e. The average molecular weight is 288 g/mol. The Kier molecular flexibility index (Phi) is 4.88. The molecule has 0 aromatic heterocycles. The normalized spacial score (nSPS) is 22.6. The number of halogens is 1. The molecule has 0 saturated heterocycles. The van der Waals surface area contributed by atoms with E-state index in [1.165, 1.54) is 37.8 Å². The van der Waals surface area contributed by atoms with E-state index in [0.29, 0.717) is 16.9 Å². The first-order chi connectivity index (χ1) is 9.90. The predicted molar refractivity (Wildman–Crippen MR) is 84.5 cm³/mol. The molecule has 1 aromatic rings. The minimum atomic E-state index is -0.359. The van der Waals surface area contributed by atoms with E-state index >= 15 is 0 Å². The Morgan fingerprint density at radius 2 is 1.90 bits per heavy atom. The summed E-state index contributed by atoms with van der Waals surface area (Å²) in [7, 11) is 0. The molecule has 0 heterocycles. The number of nitrogens with one attached hydrogen (secondary N) is 1. The van der Waals surface area contributed by atoms with Crippen LogP contribution in [0.4, 0.5) is 10.1 Å². The maximum atomic E-state index is 13.1. The topological polar surface area (TPSA) is 35.8 Å². The van der Waals surface area contributed by atoms with Crippen molar-refractivity contribution in [2.75, 3.05) is 11.9 Å². The molecule has 0 atom stereocenters. The molecule has 0 amide bonds. The molecule has 1 aliphatic carbocycles. The lowest BCUT2D eigenvalue weighted by Gasteiger charge is -2.37. The fourth-order valence-corrected chi connectivity index (χ4v) is 3.25. The van der Waals surface area contributed by atoms with Gasteiger partial charge in [-0.1, -0.05) is 20.8 Å². The summed E-state index contributed by atoms with van der Waals surface area (Å²) in [5, 5.41) is 12.4. The first-order valence-corrected chi connectivity index (χ1v) is 7.83. The van der Waals surface area contributed by atoms with Crippen LogP contribution >= 0.6 is 0 Å². The molecule has 0 bridgehead atoms. The summed E-state index contributed by atoms with van der Waals surface area (Å²) >= 11 is 0. The standard InChI is InChI=1S/C18H25FN2/c1-18(2,3)15-6-4-13(5-7-15)12-21-17-9-8-16(19)10-14(17)11-20/h8-10,13,15,21H,4-7,12H2,1-3H3. The molecule has 1 aliphatic rings. The summed E-state index contributed by atoms with van der Waals surface area (Å²) in [6, 6.07) is 6.40. The van der Waals surface area contributed by atoms with Crippen molar-refractivity contribution in [3.05, 3.63) is 29.6 Å². The van der Waals surface area contributed by atoms with Gasteiger partial charge in [0.25, 0.3) is 0 Å². The van der Waals surface area contributed by atoms with Gasteiger partial charge < -0.3 is 5.32 Å². The summed E-state index contributed by atoms with van der Waals surface area (Å²) in [5.41, 5.74) is 1.54. The Morgan fingerprint density at radius 3 is 2.48 bits per heavy atom. The first kappa shape index (κ1) is 15.8. The van der Waals surface area contributed by atoms with Crippen LogP contribution in [0.1, 0.15) is 52.0 Å². The lowest BCUT2D eigenvalue weighted by molar-refractivity contribution is 0.153.